The summed E-state index contributed by atoms with van der Waals surface area (Å²) in [6, 6.07) is 0. The van der Waals surface area contributed by atoms with Gasteiger partial charge in [0.05, 0.1) is 19.5 Å². The zero-order chi connectivity index (χ0) is 21.8. The van der Waals surface area contributed by atoms with E-state index >= 15 is 0 Å². The van der Waals surface area contributed by atoms with Crippen molar-refractivity contribution in [2.75, 3.05) is 13.2 Å². The molecule has 166 valence electrons. The molecule has 0 bridgehead atoms. The Morgan fingerprint density at radius 1 is 0.900 bits per heavy atom. The van der Waals surface area contributed by atoms with Crippen molar-refractivity contribution < 1.29 is 50.3 Å². The minimum atomic E-state index is -2.23. The van der Waals surface area contributed by atoms with E-state index in [9.17, 15) is 40.9 Å². The van der Waals surface area contributed by atoms with Gasteiger partial charge in [0, 0.05) is 0 Å². The van der Waals surface area contributed by atoms with Gasteiger partial charge in [0.25, 0.3) is 0 Å². The normalized spacial score (nSPS) is 42.1. The Kier molecular flexibility index (Phi) is 5.38. The van der Waals surface area contributed by atoms with Crippen LogP contribution < -0.4 is 0 Å². The Bertz CT molecular complexity index is 911. The van der Waals surface area contributed by atoms with Crippen molar-refractivity contribution in [1.29, 1.82) is 0 Å². The average molecular weight is 430 g/mol. The van der Waals surface area contributed by atoms with Gasteiger partial charge in [-0.1, -0.05) is 0 Å². The minimum absolute atomic E-state index is 0.0794. The SMILES string of the molecule is OC[C@H]1O[C@@H]([C@@]2(n3cnc4c(O)ncnc43)O[C@H](CO)[C@@H](O)[C@H]2O)[C@H](O)[C@@H](O)[C@H]1O. The molecule has 2 aromatic rings. The van der Waals surface area contributed by atoms with Gasteiger partial charge < -0.3 is 50.3 Å². The highest BCUT2D eigenvalue weighted by molar-refractivity contribution is 5.75. The molecule has 30 heavy (non-hydrogen) atoms. The van der Waals surface area contributed by atoms with Crippen LogP contribution in [0.3, 0.4) is 0 Å². The van der Waals surface area contributed by atoms with E-state index in [0.29, 0.717) is 0 Å². The maximum absolute atomic E-state index is 11.0. The lowest BCUT2D eigenvalue weighted by atomic mass is 9.86. The zero-order valence-electron chi connectivity index (χ0n) is 15.4. The van der Waals surface area contributed by atoms with Gasteiger partial charge in [-0.25, -0.2) is 9.97 Å². The van der Waals surface area contributed by atoms with Crippen LogP contribution in [-0.2, 0) is 15.2 Å². The van der Waals surface area contributed by atoms with Crippen molar-refractivity contribution in [2.45, 2.75) is 54.6 Å². The van der Waals surface area contributed by atoms with Crippen LogP contribution in [0.4, 0.5) is 0 Å². The lowest BCUT2D eigenvalue weighted by Crippen LogP contribution is -2.68. The van der Waals surface area contributed by atoms with Gasteiger partial charge in [0.15, 0.2) is 11.2 Å². The van der Waals surface area contributed by atoms with Crippen molar-refractivity contribution in [3.8, 4) is 5.88 Å². The fraction of sp³-hybridized carbons (Fsp3) is 0.688. The summed E-state index contributed by atoms with van der Waals surface area (Å²) < 4.78 is 12.4. The van der Waals surface area contributed by atoms with Crippen LogP contribution in [-0.4, -0.2) is 122 Å². The summed E-state index contributed by atoms with van der Waals surface area (Å²) in [6.45, 7) is -1.46. The van der Waals surface area contributed by atoms with E-state index in [-0.39, 0.29) is 11.2 Å². The molecule has 14 nitrogen and oxygen atoms in total. The fourth-order valence-electron chi connectivity index (χ4n) is 4.07. The summed E-state index contributed by atoms with van der Waals surface area (Å²) in [5.41, 5.74) is -2.40. The number of aliphatic hydroxyl groups excluding tert-OH is 7. The molecule has 0 radical (unpaired) electrons. The third-order valence-electron chi connectivity index (χ3n) is 5.64. The number of aliphatic hydroxyl groups is 7. The molecular formula is C16H22N4O10. The van der Waals surface area contributed by atoms with Gasteiger partial charge in [-0.05, 0) is 0 Å². The quantitative estimate of drug-likeness (QED) is 0.228. The second-order valence-electron chi connectivity index (χ2n) is 7.26. The van der Waals surface area contributed by atoms with Crippen LogP contribution in [0.25, 0.3) is 11.2 Å². The number of ether oxygens (including phenoxy) is 2. The Labute approximate surface area is 168 Å². The van der Waals surface area contributed by atoms with Crippen LogP contribution in [0.15, 0.2) is 12.7 Å². The predicted octanol–water partition coefficient (Wildman–Crippen LogP) is -4.86. The third kappa shape index (κ3) is 2.81. The van der Waals surface area contributed by atoms with Gasteiger partial charge in [0.1, 0.15) is 55.2 Å². The maximum Gasteiger partial charge on any atom is 0.242 e. The Hall–Kier alpha value is -2.01. The van der Waals surface area contributed by atoms with E-state index in [1.54, 1.807) is 0 Å². The van der Waals surface area contributed by atoms with Crippen molar-refractivity contribution in [2.24, 2.45) is 0 Å². The summed E-state index contributed by atoms with van der Waals surface area (Å²) in [5, 5.41) is 81.4. The molecule has 0 unspecified atom stereocenters. The van der Waals surface area contributed by atoms with Crippen LogP contribution in [0.5, 0.6) is 5.88 Å². The van der Waals surface area contributed by atoms with Crippen molar-refractivity contribution in [3.05, 3.63) is 12.7 Å². The molecule has 2 aliphatic heterocycles. The van der Waals surface area contributed by atoms with Crippen LogP contribution in [0, 0.1) is 0 Å². The van der Waals surface area contributed by atoms with E-state index in [0.717, 1.165) is 17.2 Å². The molecule has 0 spiro atoms. The van der Waals surface area contributed by atoms with Gasteiger partial charge >= 0.3 is 0 Å². The fourth-order valence-corrected chi connectivity index (χ4v) is 4.07. The summed E-state index contributed by atoms with van der Waals surface area (Å²) >= 11 is 0. The highest BCUT2D eigenvalue weighted by Crippen LogP contribution is 2.45. The molecule has 2 saturated heterocycles. The van der Waals surface area contributed by atoms with Crippen LogP contribution in [0.2, 0.25) is 0 Å². The maximum atomic E-state index is 11.0. The van der Waals surface area contributed by atoms with Gasteiger partial charge in [-0.2, -0.15) is 4.98 Å². The van der Waals surface area contributed by atoms with E-state index in [1.165, 1.54) is 0 Å². The average Bonchev–Trinajstić information content (AvgIpc) is 3.28. The lowest BCUT2D eigenvalue weighted by molar-refractivity contribution is -0.309. The molecule has 0 aromatic carbocycles. The summed E-state index contributed by atoms with van der Waals surface area (Å²) in [5.74, 6) is -0.491. The number of hydrogen-bond donors (Lipinski definition) is 8. The van der Waals surface area contributed by atoms with Crippen molar-refractivity contribution >= 4 is 11.2 Å². The molecule has 2 aliphatic rings. The van der Waals surface area contributed by atoms with Crippen molar-refractivity contribution in [3.63, 3.8) is 0 Å². The molecule has 14 heteroatoms. The number of aromatic nitrogens is 4. The third-order valence-corrected chi connectivity index (χ3v) is 5.64. The van der Waals surface area contributed by atoms with E-state index in [4.69, 9.17) is 9.47 Å². The van der Waals surface area contributed by atoms with E-state index in [2.05, 4.69) is 15.0 Å². The number of rotatable bonds is 4. The molecule has 0 saturated carbocycles. The van der Waals surface area contributed by atoms with Crippen molar-refractivity contribution in [1.82, 2.24) is 19.5 Å². The second kappa shape index (κ2) is 7.60. The molecule has 0 aliphatic carbocycles. The minimum Gasteiger partial charge on any atom is -0.492 e. The first-order chi connectivity index (χ1) is 14.3. The first-order valence-corrected chi connectivity index (χ1v) is 9.10. The van der Waals surface area contributed by atoms with Gasteiger partial charge in [-0.3, -0.25) is 4.57 Å². The standard InChI is InChI=1S/C16H22N4O10/c21-1-5-8(23)10(25)11(26)13(29-5)16(12(27)9(24)6(2-22)30-16)20-4-19-7-14(20)17-3-18-15(7)28/h3-6,8-13,21-27H,1-2H2,(H,17,18,28)/t5-,6-,8+,9-,10+,11-,12-,13-,16+/m1/s1. The predicted molar refractivity (Wildman–Crippen MR) is 92.7 cm³/mol. The monoisotopic (exact) mass is 430 g/mol. The van der Waals surface area contributed by atoms with E-state index in [1.807, 2.05) is 0 Å². The molecule has 9 atom stereocenters. The second-order valence-corrected chi connectivity index (χ2v) is 7.26. The Morgan fingerprint density at radius 3 is 2.23 bits per heavy atom. The van der Waals surface area contributed by atoms with E-state index < -0.39 is 73.7 Å². The highest BCUT2D eigenvalue weighted by Gasteiger charge is 2.65. The first kappa shape index (κ1) is 21.2. The van der Waals surface area contributed by atoms with Gasteiger partial charge in [0.2, 0.25) is 11.6 Å². The number of aromatic hydroxyl groups is 1. The number of imidazole rings is 1. The highest BCUT2D eigenvalue weighted by atomic mass is 16.6. The summed E-state index contributed by atoms with van der Waals surface area (Å²) in [7, 11) is 0. The number of hydrogen-bond acceptors (Lipinski definition) is 13. The number of nitrogens with zero attached hydrogens (tertiary/aromatic N) is 4. The Balaban J connectivity index is 1.92. The number of fused-ring (bicyclic) bond motifs is 1. The summed E-state index contributed by atoms with van der Waals surface area (Å²) in [6.07, 6.45) is -11.1. The Morgan fingerprint density at radius 2 is 1.60 bits per heavy atom. The molecule has 4 rings (SSSR count). The van der Waals surface area contributed by atoms with Crippen LogP contribution >= 0.6 is 0 Å². The van der Waals surface area contributed by atoms with Crippen LogP contribution in [0.1, 0.15) is 0 Å². The topological polar surface area (TPSA) is 224 Å². The largest absolute Gasteiger partial charge is 0.492 e. The molecule has 8 N–H and O–H groups in total. The lowest BCUT2D eigenvalue weighted by Gasteiger charge is -2.48. The molecular weight excluding hydrogens is 408 g/mol. The summed E-state index contributed by atoms with van der Waals surface area (Å²) in [4.78, 5) is 11.6. The first-order valence-electron chi connectivity index (χ1n) is 9.10. The molecule has 2 aromatic heterocycles. The zero-order valence-corrected chi connectivity index (χ0v) is 15.4. The molecule has 4 heterocycles. The molecule has 0 amide bonds. The molecule has 2 fully saturated rings. The van der Waals surface area contributed by atoms with Gasteiger partial charge in [-0.15, -0.1) is 0 Å². The smallest absolute Gasteiger partial charge is 0.242 e.